The maximum Gasteiger partial charge on any atom is 0.253 e. The molecule has 1 rings (SSSR count). The Morgan fingerprint density at radius 3 is 2.59 bits per heavy atom. The normalized spacial score (nSPS) is 12.2. The fourth-order valence-corrected chi connectivity index (χ4v) is 2.14. The predicted molar refractivity (Wildman–Crippen MR) is 69.7 cm³/mol. The van der Waals surface area contributed by atoms with Crippen LogP contribution in [-0.4, -0.2) is 48.0 Å². The number of phenolic OH excluding ortho intramolecular Hbond substituents is 1. The van der Waals surface area contributed by atoms with E-state index in [1.165, 1.54) is 12.1 Å². The van der Waals surface area contributed by atoms with Gasteiger partial charge in [0.2, 0.25) is 0 Å². The molecule has 5 heteroatoms. The summed E-state index contributed by atoms with van der Waals surface area (Å²) in [5.74, 6) is 0.0764. The first-order valence-electron chi connectivity index (χ1n) is 5.22. The Labute approximate surface area is 109 Å². The Bertz CT molecular complexity index is 367. The van der Waals surface area contributed by atoms with Gasteiger partial charge in [-0.2, -0.15) is 0 Å². The third-order valence-corrected chi connectivity index (χ3v) is 2.83. The highest BCUT2D eigenvalue weighted by atomic mass is 79.9. The lowest BCUT2D eigenvalue weighted by atomic mass is 10.2. The minimum Gasteiger partial charge on any atom is -0.508 e. The maximum atomic E-state index is 12.0. The number of methoxy groups -OCH3 is 1. The smallest absolute Gasteiger partial charge is 0.253 e. The lowest BCUT2D eigenvalue weighted by molar-refractivity contribution is 0.0784. The zero-order chi connectivity index (χ0) is 12.8. The van der Waals surface area contributed by atoms with Gasteiger partial charge in [0.1, 0.15) is 5.75 Å². The number of amides is 1. The summed E-state index contributed by atoms with van der Waals surface area (Å²) >= 11 is 3.43. The van der Waals surface area contributed by atoms with Crippen LogP contribution in [0.25, 0.3) is 0 Å². The van der Waals surface area contributed by atoms with Crippen molar-refractivity contribution in [2.24, 2.45) is 0 Å². The van der Waals surface area contributed by atoms with Gasteiger partial charge in [-0.25, -0.2) is 0 Å². The molecule has 1 N–H and O–H groups in total. The van der Waals surface area contributed by atoms with Gasteiger partial charge in [-0.3, -0.25) is 4.79 Å². The van der Waals surface area contributed by atoms with Gasteiger partial charge in [-0.1, -0.05) is 15.9 Å². The molecule has 1 atom stereocenters. The van der Waals surface area contributed by atoms with Crippen LogP contribution in [-0.2, 0) is 4.74 Å². The van der Waals surface area contributed by atoms with Crippen LogP contribution >= 0.6 is 15.9 Å². The third kappa shape index (κ3) is 4.36. The lowest BCUT2D eigenvalue weighted by Crippen LogP contribution is -2.33. The number of halogens is 1. The van der Waals surface area contributed by atoms with E-state index < -0.39 is 0 Å². The number of alkyl halides is 1. The zero-order valence-corrected chi connectivity index (χ0v) is 11.5. The molecule has 0 aliphatic rings. The van der Waals surface area contributed by atoms with Crippen molar-refractivity contribution >= 4 is 21.8 Å². The van der Waals surface area contributed by atoms with Gasteiger partial charge >= 0.3 is 0 Å². The lowest BCUT2D eigenvalue weighted by Gasteiger charge is -2.20. The van der Waals surface area contributed by atoms with E-state index in [1.54, 1.807) is 31.2 Å². The van der Waals surface area contributed by atoms with Crippen molar-refractivity contribution in [1.29, 1.82) is 0 Å². The molecule has 1 amide bonds. The molecule has 1 unspecified atom stereocenters. The molecule has 17 heavy (non-hydrogen) atoms. The summed E-state index contributed by atoms with van der Waals surface area (Å²) in [4.78, 5) is 13.7. The van der Waals surface area contributed by atoms with Gasteiger partial charge in [0.05, 0.1) is 11.4 Å². The molecule has 1 aromatic rings. The summed E-state index contributed by atoms with van der Waals surface area (Å²) in [7, 11) is 3.36. The second-order valence-electron chi connectivity index (χ2n) is 3.79. The standard InChI is InChI=1S/C12H16BrNO3/c1-14(7-10(13)8-17-2)12(16)9-3-5-11(15)6-4-9/h3-6,10,15H,7-8H2,1-2H3. The van der Waals surface area contributed by atoms with E-state index in [4.69, 9.17) is 9.84 Å². The molecule has 0 aliphatic carbocycles. The largest absolute Gasteiger partial charge is 0.508 e. The van der Waals surface area contributed by atoms with Crippen LogP contribution in [0.3, 0.4) is 0 Å². The molecule has 0 saturated heterocycles. The summed E-state index contributed by atoms with van der Waals surface area (Å²) in [6.07, 6.45) is 0. The second kappa shape index (κ2) is 6.61. The molecule has 0 aliphatic heterocycles. The number of ether oxygens (including phenoxy) is 1. The SMILES string of the molecule is COCC(Br)CN(C)C(=O)c1ccc(O)cc1. The molecule has 0 bridgehead atoms. The Hall–Kier alpha value is -1.07. The van der Waals surface area contributed by atoms with E-state index in [1.807, 2.05) is 0 Å². The number of hydrogen-bond acceptors (Lipinski definition) is 3. The van der Waals surface area contributed by atoms with Gasteiger partial charge in [-0.05, 0) is 24.3 Å². The van der Waals surface area contributed by atoms with Crippen molar-refractivity contribution in [3.63, 3.8) is 0 Å². The van der Waals surface area contributed by atoms with Gasteiger partial charge in [-0.15, -0.1) is 0 Å². The number of hydrogen-bond donors (Lipinski definition) is 1. The minimum atomic E-state index is -0.0782. The maximum absolute atomic E-state index is 12.0. The highest BCUT2D eigenvalue weighted by Gasteiger charge is 2.15. The predicted octanol–water partition coefficient (Wildman–Crippen LogP) is 1.87. The van der Waals surface area contributed by atoms with E-state index in [0.29, 0.717) is 18.7 Å². The molecule has 1 aromatic carbocycles. The molecule has 0 aromatic heterocycles. The average molecular weight is 302 g/mol. The summed E-state index contributed by atoms with van der Waals surface area (Å²) in [6.45, 7) is 1.11. The van der Waals surface area contributed by atoms with Gasteiger partial charge in [0.25, 0.3) is 5.91 Å². The van der Waals surface area contributed by atoms with Crippen LogP contribution in [0.1, 0.15) is 10.4 Å². The van der Waals surface area contributed by atoms with Crippen molar-refractivity contribution in [3.05, 3.63) is 29.8 Å². The minimum absolute atomic E-state index is 0.0782. The van der Waals surface area contributed by atoms with Gasteiger partial charge in [0.15, 0.2) is 0 Å². The van der Waals surface area contributed by atoms with Crippen molar-refractivity contribution < 1.29 is 14.6 Å². The molecule has 4 nitrogen and oxygen atoms in total. The summed E-state index contributed by atoms with van der Waals surface area (Å²) < 4.78 is 4.99. The Morgan fingerprint density at radius 2 is 2.06 bits per heavy atom. The first kappa shape index (κ1) is 14.0. The highest BCUT2D eigenvalue weighted by Crippen LogP contribution is 2.12. The van der Waals surface area contributed by atoms with Gasteiger partial charge in [0, 0.05) is 26.3 Å². The number of carbonyl (C=O) groups excluding carboxylic acids is 1. The van der Waals surface area contributed by atoms with E-state index in [2.05, 4.69) is 15.9 Å². The van der Waals surface area contributed by atoms with Crippen molar-refractivity contribution in [2.45, 2.75) is 4.83 Å². The van der Waals surface area contributed by atoms with Crippen LogP contribution in [0.15, 0.2) is 24.3 Å². The fourth-order valence-electron chi connectivity index (χ4n) is 1.44. The molecule has 0 radical (unpaired) electrons. The highest BCUT2D eigenvalue weighted by molar-refractivity contribution is 9.09. The number of rotatable bonds is 5. The van der Waals surface area contributed by atoms with Gasteiger partial charge < -0.3 is 14.7 Å². The van der Waals surface area contributed by atoms with Crippen LogP contribution in [0.5, 0.6) is 5.75 Å². The Kier molecular flexibility index (Phi) is 5.44. The fraction of sp³-hybridized carbons (Fsp3) is 0.417. The molecule has 0 fully saturated rings. The second-order valence-corrected chi connectivity index (χ2v) is 5.08. The van der Waals surface area contributed by atoms with Crippen molar-refractivity contribution in [1.82, 2.24) is 4.90 Å². The van der Waals surface area contributed by atoms with Crippen LogP contribution < -0.4 is 0 Å². The number of benzene rings is 1. The Morgan fingerprint density at radius 1 is 1.47 bits per heavy atom. The van der Waals surface area contributed by atoms with Crippen molar-refractivity contribution in [3.8, 4) is 5.75 Å². The number of carbonyl (C=O) groups is 1. The molecule has 0 spiro atoms. The van der Waals surface area contributed by atoms with E-state index in [9.17, 15) is 4.79 Å². The number of phenols is 1. The summed E-state index contributed by atoms with van der Waals surface area (Å²) in [5.41, 5.74) is 0.558. The quantitative estimate of drug-likeness (QED) is 0.845. The molecule has 94 valence electrons. The zero-order valence-electron chi connectivity index (χ0n) is 9.89. The van der Waals surface area contributed by atoms with Crippen LogP contribution in [0, 0.1) is 0 Å². The van der Waals surface area contributed by atoms with E-state index >= 15 is 0 Å². The molecular weight excluding hydrogens is 286 g/mol. The number of nitrogens with zero attached hydrogens (tertiary/aromatic N) is 1. The van der Waals surface area contributed by atoms with E-state index in [0.717, 1.165) is 0 Å². The van der Waals surface area contributed by atoms with Crippen LogP contribution in [0.4, 0.5) is 0 Å². The van der Waals surface area contributed by atoms with E-state index in [-0.39, 0.29) is 16.5 Å². The van der Waals surface area contributed by atoms with Crippen molar-refractivity contribution in [2.75, 3.05) is 27.3 Å². The molecule has 0 heterocycles. The average Bonchev–Trinajstić information content (AvgIpc) is 2.29. The summed E-state index contributed by atoms with van der Waals surface area (Å²) in [6, 6.07) is 6.21. The summed E-state index contributed by atoms with van der Waals surface area (Å²) in [5, 5.41) is 9.14. The first-order valence-corrected chi connectivity index (χ1v) is 6.13. The van der Waals surface area contributed by atoms with Crippen LogP contribution in [0.2, 0.25) is 0 Å². The third-order valence-electron chi connectivity index (χ3n) is 2.28. The number of aromatic hydroxyl groups is 1. The Balaban J connectivity index is 2.60. The monoisotopic (exact) mass is 301 g/mol. The molecular formula is C12H16BrNO3. The first-order chi connectivity index (χ1) is 8.04. The topological polar surface area (TPSA) is 49.8 Å². The molecule has 0 saturated carbocycles.